The Morgan fingerprint density at radius 2 is 1.69 bits per heavy atom. The Morgan fingerprint density at radius 1 is 1.12 bits per heavy atom. The van der Waals surface area contributed by atoms with Gasteiger partial charge in [0.2, 0.25) is 0 Å². The van der Waals surface area contributed by atoms with E-state index in [4.69, 9.17) is 0 Å². The molecule has 0 aliphatic carbocycles. The lowest BCUT2D eigenvalue weighted by Crippen LogP contribution is -1.87. The molecule has 1 heteroatoms. The molecular formula is C15H23F. The third kappa shape index (κ3) is 6.24. The average molecular weight is 222 g/mol. The van der Waals surface area contributed by atoms with Gasteiger partial charge >= 0.3 is 0 Å². The molecular weight excluding hydrogens is 199 g/mol. The summed E-state index contributed by atoms with van der Waals surface area (Å²) in [6.07, 6.45) is 0.915. The van der Waals surface area contributed by atoms with Crippen molar-refractivity contribution in [2.75, 3.05) is 0 Å². The minimum absolute atomic E-state index is 0.235. The summed E-state index contributed by atoms with van der Waals surface area (Å²) in [6, 6.07) is 5.06. The first-order chi connectivity index (χ1) is 7.77. The van der Waals surface area contributed by atoms with E-state index < -0.39 is 0 Å². The molecule has 1 aromatic carbocycles. The molecule has 0 saturated heterocycles. The van der Waals surface area contributed by atoms with Gasteiger partial charge in [0, 0.05) is 0 Å². The number of aryl methyl sites for hydroxylation is 1. The van der Waals surface area contributed by atoms with Crippen LogP contribution in [0.3, 0.4) is 0 Å². The summed E-state index contributed by atoms with van der Waals surface area (Å²) in [5, 5.41) is 0. The highest BCUT2D eigenvalue weighted by atomic mass is 19.1. The molecule has 0 spiro atoms. The van der Waals surface area contributed by atoms with Crippen molar-refractivity contribution < 1.29 is 4.39 Å². The van der Waals surface area contributed by atoms with Gasteiger partial charge in [-0.05, 0) is 31.0 Å². The number of halogens is 1. The van der Waals surface area contributed by atoms with Crippen LogP contribution in [0.1, 0.15) is 52.7 Å². The first kappa shape index (κ1) is 17.1. The highest BCUT2D eigenvalue weighted by molar-refractivity contribution is 5.38. The van der Waals surface area contributed by atoms with E-state index in [-0.39, 0.29) is 5.82 Å². The van der Waals surface area contributed by atoms with Gasteiger partial charge < -0.3 is 0 Å². The quantitative estimate of drug-likeness (QED) is 0.598. The summed E-state index contributed by atoms with van der Waals surface area (Å²) < 4.78 is 13.0. The van der Waals surface area contributed by atoms with Crippen LogP contribution in [-0.4, -0.2) is 0 Å². The third-order valence-corrected chi connectivity index (χ3v) is 1.70. The Morgan fingerprint density at radius 3 is 2.12 bits per heavy atom. The van der Waals surface area contributed by atoms with E-state index in [2.05, 4.69) is 11.8 Å². The highest BCUT2D eigenvalue weighted by Crippen LogP contribution is 2.09. The van der Waals surface area contributed by atoms with Crippen molar-refractivity contribution >= 4 is 0 Å². The van der Waals surface area contributed by atoms with Gasteiger partial charge in [-0.3, -0.25) is 0 Å². The Balaban J connectivity index is 0. The van der Waals surface area contributed by atoms with Crippen molar-refractivity contribution in [3.63, 3.8) is 0 Å². The van der Waals surface area contributed by atoms with Crippen LogP contribution in [0.2, 0.25) is 0 Å². The summed E-state index contributed by atoms with van der Waals surface area (Å²) >= 11 is 0. The van der Waals surface area contributed by atoms with Crippen molar-refractivity contribution in [1.29, 1.82) is 0 Å². The number of benzene rings is 1. The molecule has 0 aromatic heterocycles. The van der Waals surface area contributed by atoms with Gasteiger partial charge in [0.05, 0.1) is 5.56 Å². The van der Waals surface area contributed by atoms with E-state index in [9.17, 15) is 4.39 Å². The molecule has 0 aliphatic rings. The van der Waals surface area contributed by atoms with E-state index in [1.54, 1.807) is 19.1 Å². The van der Waals surface area contributed by atoms with Gasteiger partial charge in [-0.25, -0.2) is 4.39 Å². The zero-order valence-electron chi connectivity index (χ0n) is 11.3. The number of rotatable bonds is 1. The lowest BCUT2D eigenvalue weighted by atomic mass is 10.1. The number of hydrogen-bond acceptors (Lipinski definition) is 0. The molecule has 0 saturated carbocycles. The van der Waals surface area contributed by atoms with E-state index in [0.29, 0.717) is 5.56 Å². The zero-order valence-corrected chi connectivity index (χ0v) is 11.3. The Bertz CT molecular complexity index is 329. The van der Waals surface area contributed by atoms with E-state index in [1.165, 1.54) is 6.07 Å². The van der Waals surface area contributed by atoms with Crippen molar-refractivity contribution in [3.05, 3.63) is 35.1 Å². The van der Waals surface area contributed by atoms with Crippen LogP contribution in [0.4, 0.5) is 4.39 Å². The standard InChI is InChI=1S/C11H11F.2C2H6/c1-3-5-10-8-9(4-2)6-7-11(10)12;2*1-2/h6-8H,4H2,1-2H3;2*1-2H3. The first-order valence-corrected chi connectivity index (χ1v) is 5.99. The topological polar surface area (TPSA) is 0 Å². The summed E-state index contributed by atoms with van der Waals surface area (Å²) in [5.74, 6) is 5.18. The molecule has 0 unspecified atom stereocenters. The van der Waals surface area contributed by atoms with Crippen LogP contribution in [0.25, 0.3) is 0 Å². The van der Waals surface area contributed by atoms with Crippen LogP contribution in [-0.2, 0) is 6.42 Å². The maximum Gasteiger partial charge on any atom is 0.138 e. The summed E-state index contributed by atoms with van der Waals surface area (Å²) in [6.45, 7) is 11.7. The summed E-state index contributed by atoms with van der Waals surface area (Å²) in [5.41, 5.74) is 1.62. The van der Waals surface area contributed by atoms with Crippen LogP contribution < -0.4 is 0 Å². The van der Waals surface area contributed by atoms with Crippen LogP contribution in [0.5, 0.6) is 0 Å². The van der Waals surface area contributed by atoms with Gasteiger partial charge in [-0.15, -0.1) is 5.92 Å². The fraction of sp³-hybridized carbons (Fsp3) is 0.467. The van der Waals surface area contributed by atoms with E-state index >= 15 is 0 Å². The summed E-state index contributed by atoms with van der Waals surface area (Å²) in [4.78, 5) is 0. The van der Waals surface area contributed by atoms with Crippen molar-refractivity contribution in [2.24, 2.45) is 0 Å². The van der Waals surface area contributed by atoms with Gasteiger partial charge in [0.25, 0.3) is 0 Å². The molecule has 0 bridgehead atoms. The molecule has 90 valence electrons. The monoisotopic (exact) mass is 222 g/mol. The molecule has 0 amide bonds. The first-order valence-electron chi connectivity index (χ1n) is 5.99. The largest absolute Gasteiger partial charge is 0.206 e. The number of hydrogen-bond donors (Lipinski definition) is 0. The molecule has 0 nitrogen and oxygen atoms in total. The average Bonchev–Trinajstić information content (AvgIpc) is 2.37. The van der Waals surface area contributed by atoms with Gasteiger partial charge in [0.15, 0.2) is 0 Å². The second-order valence-electron chi connectivity index (χ2n) is 2.54. The molecule has 0 atom stereocenters. The molecule has 0 radical (unpaired) electrons. The smallest absolute Gasteiger partial charge is 0.138 e. The lowest BCUT2D eigenvalue weighted by molar-refractivity contribution is 0.623. The predicted octanol–water partition coefficient (Wildman–Crippen LogP) is 4.81. The van der Waals surface area contributed by atoms with E-state index in [1.807, 2.05) is 34.6 Å². The molecule has 16 heavy (non-hydrogen) atoms. The third-order valence-electron chi connectivity index (χ3n) is 1.70. The second kappa shape index (κ2) is 11.8. The predicted molar refractivity (Wildman–Crippen MR) is 71.0 cm³/mol. The minimum Gasteiger partial charge on any atom is -0.206 e. The maximum atomic E-state index is 13.0. The minimum atomic E-state index is -0.235. The molecule has 0 fully saturated rings. The zero-order chi connectivity index (χ0) is 13.0. The highest BCUT2D eigenvalue weighted by Gasteiger charge is 1.98. The molecule has 1 rings (SSSR count). The van der Waals surface area contributed by atoms with Crippen molar-refractivity contribution in [2.45, 2.75) is 48.0 Å². The van der Waals surface area contributed by atoms with Crippen LogP contribution >= 0.6 is 0 Å². The van der Waals surface area contributed by atoms with Gasteiger partial charge in [-0.1, -0.05) is 46.6 Å². The van der Waals surface area contributed by atoms with Crippen molar-refractivity contribution in [1.82, 2.24) is 0 Å². The van der Waals surface area contributed by atoms with E-state index in [0.717, 1.165) is 12.0 Å². The Labute approximate surface area is 99.9 Å². The Kier molecular flexibility index (Phi) is 12.6. The van der Waals surface area contributed by atoms with Gasteiger partial charge in [0.1, 0.15) is 5.82 Å². The fourth-order valence-electron chi connectivity index (χ4n) is 1.02. The van der Waals surface area contributed by atoms with Crippen LogP contribution in [0, 0.1) is 17.7 Å². The van der Waals surface area contributed by atoms with Gasteiger partial charge in [-0.2, -0.15) is 0 Å². The molecule has 0 heterocycles. The SMILES string of the molecule is CC.CC.CC#Cc1cc(CC)ccc1F. The van der Waals surface area contributed by atoms with Crippen LogP contribution in [0.15, 0.2) is 18.2 Å². The lowest BCUT2D eigenvalue weighted by Gasteiger charge is -1.98. The Hall–Kier alpha value is -1.29. The van der Waals surface area contributed by atoms with Crippen molar-refractivity contribution in [3.8, 4) is 11.8 Å². The maximum absolute atomic E-state index is 13.0. The normalized spacial score (nSPS) is 7.44. The summed E-state index contributed by atoms with van der Waals surface area (Å²) in [7, 11) is 0. The second-order valence-corrected chi connectivity index (χ2v) is 2.54. The molecule has 0 aliphatic heterocycles. The molecule has 1 aromatic rings. The molecule has 0 N–H and O–H groups in total. The fourth-order valence-corrected chi connectivity index (χ4v) is 1.02.